The Morgan fingerprint density at radius 2 is 1.37 bits per heavy atom. The van der Waals surface area contributed by atoms with Gasteiger partial charge in [0.15, 0.2) is 0 Å². The SMILES string of the molecule is CCC(O)CC[C@@H](C)[C@H]1C[C@H](O)[C@@]2(O)[C@@]3(O)C(CC[C@]12C)[C@@]1(C)CC[C@H](O)[C@H](O)[C@]1(O)[C@@H](O)[C@@H]3O. The molecule has 4 aliphatic carbocycles. The van der Waals surface area contributed by atoms with E-state index in [0.717, 1.165) is 0 Å². The average Bonchev–Trinajstić information content (AvgIpc) is 3.04. The summed E-state index contributed by atoms with van der Waals surface area (Å²) in [4.78, 5) is 0. The predicted octanol–water partition coefficient (Wildman–Crippen LogP) is -0.579. The minimum atomic E-state index is -2.36. The minimum Gasteiger partial charge on any atom is -0.393 e. The molecule has 0 heterocycles. The van der Waals surface area contributed by atoms with Crippen molar-refractivity contribution in [2.75, 3.05) is 0 Å². The summed E-state index contributed by atoms with van der Waals surface area (Å²) in [5, 5.41) is 101. The summed E-state index contributed by atoms with van der Waals surface area (Å²) in [7, 11) is 0. The molecular formula is C26H46O9. The first-order valence-corrected chi connectivity index (χ1v) is 13.3. The first-order chi connectivity index (χ1) is 16.1. The van der Waals surface area contributed by atoms with E-state index in [9.17, 15) is 46.0 Å². The zero-order valence-corrected chi connectivity index (χ0v) is 21.4. The molecule has 4 saturated carbocycles. The molecule has 0 radical (unpaired) electrons. The van der Waals surface area contributed by atoms with E-state index >= 15 is 0 Å². The van der Waals surface area contributed by atoms with E-state index in [1.54, 1.807) is 6.92 Å². The highest BCUT2D eigenvalue weighted by atomic mass is 16.4. The van der Waals surface area contributed by atoms with Crippen LogP contribution in [-0.2, 0) is 0 Å². The van der Waals surface area contributed by atoms with Crippen LogP contribution >= 0.6 is 0 Å². The summed E-state index contributed by atoms with van der Waals surface area (Å²) in [6, 6.07) is 0. The van der Waals surface area contributed by atoms with Crippen LogP contribution in [0, 0.1) is 28.6 Å². The van der Waals surface area contributed by atoms with Crippen molar-refractivity contribution < 1.29 is 46.0 Å². The monoisotopic (exact) mass is 502 g/mol. The van der Waals surface area contributed by atoms with E-state index in [0.29, 0.717) is 25.7 Å². The van der Waals surface area contributed by atoms with Crippen molar-refractivity contribution in [3.05, 3.63) is 0 Å². The predicted molar refractivity (Wildman–Crippen MR) is 126 cm³/mol. The van der Waals surface area contributed by atoms with Gasteiger partial charge in [-0.25, -0.2) is 0 Å². The van der Waals surface area contributed by atoms with Crippen LogP contribution in [0.25, 0.3) is 0 Å². The normalized spacial score (nSPS) is 57.7. The number of hydrogen-bond donors (Lipinski definition) is 9. The number of fused-ring (bicyclic) bond motifs is 5. The molecule has 14 atom stereocenters. The molecule has 9 heteroatoms. The molecular weight excluding hydrogens is 456 g/mol. The first-order valence-electron chi connectivity index (χ1n) is 13.3. The molecule has 0 spiro atoms. The summed E-state index contributed by atoms with van der Waals surface area (Å²) in [5.41, 5.74) is -9.20. The van der Waals surface area contributed by atoms with Gasteiger partial charge in [0.25, 0.3) is 0 Å². The molecule has 204 valence electrons. The molecule has 0 aromatic carbocycles. The Morgan fingerprint density at radius 3 is 1.97 bits per heavy atom. The van der Waals surface area contributed by atoms with Gasteiger partial charge < -0.3 is 46.0 Å². The second-order valence-corrected chi connectivity index (χ2v) is 12.8. The van der Waals surface area contributed by atoms with Crippen LogP contribution in [-0.4, -0.2) is 99.4 Å². The van der Waals surface area contributed by atoms with Crippen LogP contribution in [0.4, 0.5) is 0 Å². The molecule has 4 fully saturated rings. The molecule has 2 unspecified atom stereocenters. The maximum Gasteiger partial charge on any atom is 0.128 e. The average molecular weight is 503 g/mol. The quantitative estimate of drug-likeness (QED) is 0.237. The number of aliphatic hydroxyl groups is 9. The van der Waals surface area contributed by atoms with Gasteiger partial charge in [0.1, 0.15) is 35.1 Å². The van der Waals surface area contributed by atoms with Gasteiger partial charge in [-0.05, 0) is 63.2 Å². The third-order valence-electron chi connectivity index (χ3n) is 11.5. The highest BCUT2D eigenvalue weighted by Crippen LogP contribution is 2.72. The highest BCUT2D eigenvalue weighted by Gasteiger charge is 2.84. The lowest BCUT2D eigenvalue weighted by molar-refractivity contribution is -0.401. The smallest absolute Gasteiger partial charge is 0.128 e. The van der Waals surface area contributed by atoms with Crippen molar-refractivity contribution in [1.29, 1.82) is 0 Å². The maximum absolute atomic E-state index is 12.3. The van der Waals surface area contributed by atoms with Gasteiger partial charge in [-0.2, -0.15) is 0 Å². The summed E-state index contributed by atoms with van der Waals surface area (Å²) in [6.45, 7) is 7.35. The molecule has 0 amide bonds. The zero-order valence-electron chi connectivity index (χ0n) is 21.4. The van der Waals surface area contributed by atoms with Gasteiger partial charge in [0, 0.05) is 16.7 Å². The number of aliphatic hydroxyl groups excluding tert-OH is 6. The van der Waals surface area contributed by atoms with Crippen LogP contribution in [0.3, 0.4) is 0 Å². The molecule has 0 aromatic heterocycles. The molecule has 0 bridgehead atoms. The Balaban J connectivity index is 1.78. The molecule has 0 aromatic rings. The van der Waals surface area contributed by atoms with Crippen molar-refractivity contribution in [2.24, 2.45) is 28.6 Å². The van der Waals surface area contributed by atoms with Crippen molar-refractivity contribution in [1.82, 2.24) is 0 Å². The summed E-state index contributed by atoms with van der Waals surface area (Å²) >= 11 is 0. The Bertz CT molecular complexity index is 812. The highest BCUT2D eigenvalue weighted by molar-refractivity contribution is 5.33. The molecule has 4 aliphatic rings. The number of rotatable bonds is 5. The fourth-order valence-electron chi connectivity index (χ4n) is 9.21. The summed E-state index contributed by atoms with van der Waals surface area (Å²) < 4.78 is 0. The van der Waals surface area contributed by atoms with Gasteiger partial charge in [-0.15, -0.1) is 0 Å². The Labute approximate surface area is 207 Å². The second kappa shape index (κ2) is 8.58. The molecule has 35 heavy (non-hydrogen) atoms. The van der Waals surface area contributed by atoms with E-state index in [2.05, 4.69) is 0 Å². The van der Waals surface area contributed by atoms with E-state index < -0.39 is 70.2 Å². The van der Waals surface area contributed by atoms with Crippen LogP contribution in [0.2, 0.25) is 0 Å². The van der Waals surface area contributed by atoms with Crippen molar-refractivity contribution >= 4 is 0 Å². The first kappa shape index (κ1) is 27.7. The lowest BCUT2D eigenvalue weighted by Crippen LogP contribution is -2.88. The standard InChI is InChI=1S/C26H46O9/c1-5-14(27)7-6-13(2)15-12-18(29)26(35)22(15,3)11-9-17-23(4)10-8-16(28)19(30)25(23,34)21(32)20(31)24(17,26)33/h13-21,27-35H,5-12H2,1-4H3/t13-,14?,15-,16+,17?,18+,19+,20+,21+,22-,23-,24-,25+,26+/m1/s1. The fraction of sp³-hybridized carbons (Fsp3) is 1.00. The third-order valence-corrected chi connectivity index (χ3v) is 11.5. The van der Waals surface area contributed by atoms with Crippen molar-refractivity contribution in [3.63, 3.8) is 0 Å². The van der Waals surface area contributed by atoms with Gasteiger partial charge in [0.2, 0.25) is 0 Å². The van der Waals surface area contributed by atoms with E-state index in [1.165, 1.54) is 0 Å². The Morgan fingerprint density at radius 1 is 0.800 bits per heavy atom. The van der Waals surface area contributed by atoms with Gasteiger partial charge in [0.05, 0.1) is 18.3 Å². The van der Waals surface area contributed by atoms with Gasteiger partial charge >= 0.3 is 0 Å². The fourth-order valence-corrected chi connectivity index (χ4v) is 9.21. The van der Waals surface area contributed by atoms with Crippen LogP contribution in [0.15, 0.2) is 0 Å². The van der Waals surface area contributed by atoms with E-state index in [4.69, 9.17) is 0 Å². The Hall–Kier alpha value is -0.360. The number of hydrogen-bond acceptors (Lipinski definition) is 9. The zero-order chi connectivity index (χ0) is 26.4. The van der Waals surface area contributed by atoms with Crippen LogP contribution in [0.5, 0.6) is 0 Å². The van der Waals surface area contributed by atoms with Crippen molar-refractivity contribution in [2.45, 2.75) is 132 Å². The molecule has 9 nitrogen and oxygen atoms in total. The lowest BCUT2D eigenvalue weighted by atomic mass is 9.38. The van der Waals surface area contributed by atoms with Crippen LogP contribution < -0.4 is 0 Å². The third kappa shape index (κ3) is 3.14. The second-order valence-electron chi connectivity index (χ2n) is 12.8. The van der Waals surface area contributed by atoms with Gasteiger partial charge in [-0.3, -0.25) is 0 Å². The van der Waals surface area contributed by atoms with Crippen molar-refractivity contribution in [3.8, 4) is 0 Å². The summed E-state index contributed by atoms with van der Waals surface area (Å²) in [5.74, 6) is -1.16. The molecule has 9 N–H and O–H groups in total. The van der Waals surface area contributed by atoms with E-state index in [-0.39, 0.29) is 37.5 Å². The topological polar surface area (TPSA) is 182 Å². The minimum absolute atomic E-state index is 0.00912. The maximum atomic E-state index is 12.3. The lowest BCUT2D eigenvalue weighted by Gasteiger charge is -2.72. The van der Waals surface area contributed by atoms with E-state index in [1.807, 2.05) is 20.8 Å². The molecule has 0 aliphatic heterocycles. The van der Waals surface area contributed by atoms with Gasteiger partial charge in [-0.1, -0.05) is 27.7 Å². The largest absolute Gasteiger partial charge is 0.393 e. The molecule has 0 saturated heterocycles. The van der Waals surface area contributed by atoms with Crippen LogP contribution in [0.1, 0.15) is 79.1 Å². The molecule has 4 rings (SSSR count). The Kier molecular flexibility index (Phi) is 6.78. The summed E-state index contributed by atoms with van der Waals surface area (Å²) in [6.07, 6.45) is -5.98.